The molecule has 1 aliphatic rings. The van der Waals surface area contributed by atoms with Crippen LogP contribution in [0.4, 0.5) is 0 Å². The molecule has 0 saturated carbocycles. The lowest BCUT2D eigenvalue weighted by Gasteiger charge is -2.30. The van der Waals surface area contributed by atoms with Gasteiger partial charge in [-0.15, -0.1) is 11.6 Å². The molecule has 1 rings (SSSR count). The quantitative estimate of drug-likeness (QED) is 0.540. The summed E-state index contributed by atoms with van der Waals surface area (Å²) in [4.78, 5) is 4.96. The molecule has 0 aromatic carbocycles. The molecule has 15 heavy (non-hydrogen) atoms. The van der Waals surface area contributed by atoms with Crippen molar-refractivity contribution in [1.29, 1.82) is 0 Å². The molecular formula is C12H23ClN2. The van der Waals surface area contributed by atoms with E-state index in [1.165, 1.54) is 32.5 Å². The van der Waals surface area contributed by atoms with Crippen LogP contribution in [0.15, 0.2) is 12.2 Å². The first-order chi connectivity index (χ1) is 7.17. The summed E-state index contributed by atoms with van der Waals surface area (Å²) in [7, 11) is 2.21. The number of nitrogens with zero attached hydrogens (tertiary/aromatic N) is 2. The third kappa shape index (κ3) is 4.13. The van der Waals surface area contributed by atoms with Gasteiger partial charge in [0.15, 0.2) is 0 Å². The number of alkyl halides is 1. The van der Waals surface area contributed by atoms with Gasteiger partial charge in [0.25, 0.3) is 0 Å². The zero-order valence-electron chi connectivity index (χ0n) is 10.0. The van der Waals surface area contributed by atoms with Crippen LogP contribution in [0.1, 0.15) is 19.8 Å². The third-order valence-corrected chi connectivity index (χ3v) is 3.49. The Hall–Kier alpha value is -0.0500. The third-order valence-electron chi connectivity index (χ3n) is 3.11. The van der Waals surface area contributed by atoms with Crippen LogP contribution in [0, 0.1) is 0 Å². The van der Waals surface area contributed by atoms with E-state index in [4.69, 9.17) is 11.6 Å². The highest BCUT2D eigenvalue weighted by Gasteiger charge is 2.21. The molecule has 1 atom stereocenters. The van der Waals surface area contributed by atoms with Gasteiger partial charge >= 0.3 is 0 Å². The van der Waals surface area contributed by atoms with Gasteiger partial charge in [-0.3, -0.25) is 4.90 Å². The Bertz CT molecular complexity index is 206. The predicted molar refractivity (Wildman–Crippen MR) is 67.6 cm³/mol. The van der Waals surface area contributed by atoms with Gasteiger partial charge < -0.3 is 4.90 Å². The average molecular weight is 231 g/mol. The molecule has 1 fully saturated rings. The SMILES string of the molecule is C=C(CCl)CN1CCCN(C)CC1CC. The standard InChI is InChI=1S/C12H23ClN2/c1-4-12-10-14(3)6-5-7-15(12)9-11(2)8-13/h12H,2,4-10H2,1,3H3. The summed E-state index contributed by atoms with van der Waals surface area (Å²) in [6, 6.07) is 0.664. The lowest BCUT2D eigenvalue weighted by atomic mass is 10.1. The van der Waals surface area contributed by atoms with Crippen molar-refractivity contribution < 1.29 is 0 Å². The first kappa shape index (κ1) is 13.0. The first-order valence-electron chi connectivity index (χ1n) is 5.82. The monoisotopic (exact) mass is 230 g/mol. The number of rotatable bonds is 4. The fourth-order valence-corrected chi connectivity index (χ4v) is 2.30. The molecule has 88 valence electrons. The molecule has 0 N–H and O–H groups in total. The second-order valence-corrected chi connectivity index (χ2v) is 4.80. The van der Waals surface area contributed by atoms with Crippen LogP contribution in [-0.4, -0.2) is 54.9 Å². The molecule has 2 nitrogen and oxygen atoms in total. The van der Waals surface area contributed by atoms with Gasteiger partial charge in [0.1, 0.15) is 0 Å². The summed E-state index contributed by atoms with van der Waals surface area (Å²) < 4.78 is 0. The molecule has 1 aliphatic heterocycles. The minimum absolute atomic E-state index is 0.586. The van der Waals surface area contributed by atoms with Gasteiger partial charge in [0.05, 0.1) is 0 Å². The van der Waals surface area contributed by atoms with Gasteiger partial charge in [-0.25, -0.2) is 0 Å². The highest BCUT2D eigenvalue weighted by atomic mass is 35.5. The van der Waals surface area contributed by atoms with Crippen molar-refractivity contribution in [2.45, 2.75) is 25.8 Å². The van der Waals surface area contributed by atoms with Gasteiger partial charge in [0.2, 0.25) is 0 Å². The zero-order chi connectivity index (χ0) is 11.3. The molecule has 0 aromatic heterocycles. The molecule has 0 radical (unpaired) electrons. The van der Waals surface area contributed by atoms with Crippen LogP contribution < -0.4 is 0 Å². The lowest BCUT2D eigenvalue weighted by molar-refractivity contribution is 0.197. The maximum absolute atomic E-state index is 5.79. The van der Waals surface area contributed by atoms with Crippen molar-refractivity contribution in [3.8, 4) is 0 Å². The highest BCUT2D eigenvalue weighted by Crippen LogP contribution is 2.13. The van der Waals surface area contributed by atoms with E-state index in [2.05, 4.69) is 30.4 Å². The Morgan fingerprint density at radius 2 is 2.20 bits per heavy atom. The van der Waals surface area contributed by atoms with E-state index in [9.17, 15) is 0 Å². The second-order valence-electron chi connectivity index (χ2n) is 4.53. The normalized spacial score (nSPS) is 25.1. The van der Waals surface area contributed by atoms with E-state index < -0.39 is 0 Å². The van der Waals surface area contributed by atoms with Gasteiger partial charge in [-0.2, -0.15) is 0 Å². The van der Waals surface area contributed by atoms with E-state index in [-0.39, 0.29) is 0 Å². The van der Waals surface area contributed by atoms with Crippen molar-refractivity contribution in [2.75, 3.05) is 39.1 Å². The summed E-state index contributed by atoms with van der Waals surface area (Å²) in [6.07, 6.45) is 2.46. The van der Waals surface area contributed by atoms with Gasteiger partial charge in [-0.1, -0.05) is 13.5 Å². The summed E-state index contributed by atoms with van der Waals surface area (Å²) in [5.41, 5.74) is 1.14. The van der Waals surface area contributed by atoms with Gasteiger partial charge in [-0.05, 0) is 32.0 Å². The predicted octanol–water partition coefficient (Wildman–Crippen LogP) is 2.20. The molecule has 1 saturated heterocycles. The lowest BCUT2D eigenvalue weighted by Crippen LogP contribution is -2.40. The molecule has 1 unspecified atom stereocenters. The van der Waals surface area contributed by atoms with Crippen molar-refractivity contribution in [3.63, 3.8) is 0 Å². The summed E-state index contributed by atoms with van der Waals surface area (Å²) in [6.45, 7) is 10.8. The fraction of sp³-hybridized carbons (Fsp3) is 0.833. The average Bonchev–Trinajstić information content (AvgIpc) is 2.40. The summed E-state index contributed by atoms with van der Waals surface area (Å²) >= 11 is 5.79. The van der Waals surface area contributed by atoms with Crippen LogP contribution in [0.5, 0.6) is 0 Å². The second kappa shape index (κ2) is 6.51. The smallest absolute Gasteiger partial charge is 0.0443 e. The zero-order valence-corrected chi connectivity index (χ0v) is 10.8. The number of hydrogen-bond donors (Lipinski definition) is 0. The molecule has 0 spiro atoms. The largest absolute Gasteiger partial charge is 0.305 e. The molecule has 1 heterocycles. The topological polar surface area (TPSA) is 6.48 Å². The van der Waals surface area contributed by atoms with Crippen LogP contribution in [0.25, 0.3) is 0 Å². The van der Waals surface area contributed by atoms with Crippen molar-refractivity contribution in [3.05, 3.63) is 12.2 Å². The Morgan fingerprint density at radius 3 is 2.80 bits per heavy atom. The molecule has 3 heteroatoms. The summed E-state index contributed by atoms with van der Waals surface area (Å²) in [5.74, 6) is 0.586. The minimum Gasteiger partial charge on any atom is -0.305 e. The minimum atomic E-state index is 0.586. The number of hydrogen-bond acceptors (Lipinski definition) is 2. The Kier molecular flexibility index (Phi) is 5.65. The van der Waals surface area contributed by atoms with E-state index in [0.717, 1.165) is 12.1 Å². The Morgan fingerprint density at radius 1 is 1.47 bits per heavy atom. The number of halogens is 1. The fourth-order valence-electron chi connectivity index (χ4n) is 2.22. The van der Waals surface area contributed by atoms with Crippen molar-refractivity contribution in [1.82, 2.24) is 9.80 Å². The Balaban J connectivity index is 2.54. The van der Waals surface area contributed by atoms with Crippen molar-refractivity contribution in [2.24, 2.45) is 0 Å². The maximum atomic E-state index is 5.79. The van der Waals surface area contributed by atoms with Crippen LogP contribution in [0.2, 0.25) is 0 Å². The Labute approximate surface area is 98.9 Å². The molecule has 0 amide bonds. The van der Waals surface area contributed by atoms with E-state index in [1.54, 1.807) is 0 Å². The molecular weight excluding hydrogens is 208 g/mol. The van der Waals surface area contributed by atoms with Crippen LogP contribution in [-0.2, 0) is 0 Å². The van der Waals surface area contributed by atoms with Crippen LogP contribution >= 0.6 is 11.6 Å². The molecule has 0 bridgehead atoms. The molecule has 0 aliphatic carbocycles. The van der Waals surface area contributed by atoms with Gasteiger partial charge in [0, 0.05) is 31.6 Å². The van der Waals surface area contributed by atoms with E-state index in [0.29, 0.717) is 11.9 Å². The van der Waals surface area contributed by atoms with Crippen LogP contribution in [0.3, 0.4) is 0 Å². The van der Waals surface area contributed by atoms with E-state index >= 15 is 0 Å². The molecule has 0 aromatic rings. The summed E-state index contributed by atoms with van der Waals surface area (Å²) in [5, 5.41) is 0. The van der Waals surface area contributed by atoms with E-state index in [1.807, 2.05) is 0 Å². The highest BCUT2D eigenvalue weighted by molar-refractivity contribution is 6.19. The van der Waals surface area contributed by atoms with Crippen molar-refractivity contribution >= 4 is 11.6 Å². The maximum Gasteiger partial charge on any atom is 0.0443 e. The number of likely N-dealkylation sites (N-methyl/N-ethyl adjacent to an activating group) is 1. The first-order valence-corrected chi connectivity index (χ1v) is 6.36.